The first-order valence-electron chi connectivity index (χ1n) is 10.9. The van der Waals surface area contributed by atoms with Crippen molar-refractivity contribution in [2.75, 3.05) is 58.6 Å². The van der Waals surface area contributed by atoms with Gasteiger partial charge < -0.3 is 24.4 Å². The second kappa shape index (κ2) is 12.7. The molecule has 2 aromatic rings. The van der Waals surface area contributed by atoms with Crippen LogP contribution in [-0.4, -0.2) is 74.9 Å². The molecule has 0 radical (unpaired) electrons. The molecule has 0 aliphatic carbocycles. The van der Waals surface area contributed by atoms with E-state index in [1.807, 2.05) is 0 Å². The molecule has 1 aliphatic rings. The van der Waals surface area contributed by atoms with Crippen molar-refractivity contribution in [2.24, 2.45) is 0 Å². The number of methoxy groups -OCH3 is 1. The number of carbonyl (C=O) groups is 2. The Morgan fingerprint density at radius 1 is 1.18 bits per heavy atom. The van der Waals surface area contributed by atoms with E-state index in [-0.39, 0.29) is 30.2 Å². The summed E-state index contributed by atoms with van der Waals surface area (Å²) >= 11 is 1.44. The van der Waals surface area contributed by atoms with Crippen LogP contribution in [0.4, 0.5) is 10.1 Å². The van der Waals surface area contributed by atoms with Crippen molar-refractivity contribution in [2.45, 2.75) is 25.7 Å². The number of hydrogen-bond acceptors (Lipinski definition) is 7. The second-order valence-corrected chi connectivity index (χ2v) is 8.69. The summed E-state index contributed by atoms with van der Waals surface area (Å²) in [7, 11) is 1.61. The Morgan fingerprint density at radius 3 is 2.64 bits per heavy atom. The van der Waals surface area contributed by atoms with Crippen LogP contribution < -0.4 is 5.32 Å². The van der Waals surface area contributed by atoms with Gasteiger partial charge in [-0.15, -0.1) is 11.3 Å². The summed E-state index contributed by atoms with van der Waals surface area (Å²) in [5.41, 5.74) is 1.23. The summed E-state index contributed by atoms with van der Waals surface area (Å²) in [6.45, 7) is 4.79. The SMILES string of the molecule is COCCOCCOCC(=O)N1CCC(c2nc(C(=O)Nc3ccc(C)c(F)c3)cs2)CC1. The fourth-order valence-corrected chi connectivity index (χ4v) is 4.41. The Balaban J connectivity index is 1.40. The Kier molecular flexibility index (Phi) is 9.74. The minimum absolute atomic E-state index is 0.0325. The van der Waals surface area contributed by atoms with Gasteiger partial charge in [0.15, 0.2) is 0 Å². The molecule has 0 spiro atoms. The number of thiazole rings is 1. The van der Waals surface area contributed by atoms with E-state index >= 15 is 0 Å². The van der Waals surface area contributed by atoms with E-state index in [0.717, 1.165) is 17.8 Å². The average molecular weight is 480 g/mol. The highest BCUT2D eigenvalue weighted by atomic mass is 32.1. The number of hydrogen-bond donors (Lipinski definition) is 1. The zero-order valence-corrected chi connectivity index (χ0v) is 19.8. The maximum Gasteiger partial charge on any atom is 0.275 e. The lowest BCUT2D eigenvalue weighted by atomic mass is 9.97. The van der Waals surface area contributed by atoms with Crippen LogP contribution in [0, 0.1) is 12.7 Å². The highest BCUT2D eigenvalue weighted by molar-refractivity contribution is 7.10. The number of piperidine rings is 1. The highest BCUT2D eigenvalue weighted by Crippen LogP contribution is 2.30. The minimum atomic E-state index is -0.367. The molecule has 2 heterocycles. The van der Waals surface area contributed by atoms with Gasteiger partial charge in [0.05, 0.1) is 31.4 Å². The van der Waals surface area contributed by atoms with Crippen LogP contribution in [0.15, 0.2) is 23.6 Å². The third-order valence-corrected chi connectivity index (χ3v) is 6.42. The Labute approximate surface area is 197 Å². The highest BCUT2D eigenvalue weighted by Gasteiger charge is 2.26. The number of rotatable bonds is 11. The number of ether oxygens (including phenoxy) is 3. The van der Waals surface area contributed by atoms with E-state index in [1.165, 1.54) is 17.4 Å². The molecule has 2 amide bonds. The molecule has 1 N–H and O–H groups in total. The van der Waals surface area contributed by atoms with Gasteiger partial charge in [-0.1, -0.05) is 6.07 Å². The van der Waals surface area contributed by atoms with E-state index in [1.54, 1.807) is 36.4 Å². The molecule has 1 saturated heterocycles. The van der Waals surface area contributed by atoms with Crippen molar-refractivity contribution in [1.82, 2.24) is 9.88 Å². The number of benzene rings is 1. The topological polar surface area (TPSA) is 90.0 Å². The lowest BCUT2D eigenvalue weighted by Gasteiger charge is -2.31. The van der Waals surface area contributed by atoms with Crippen LogP contribution in [0.25, 0.3) is 0 Å². The van der Waals surface area contributed by atoms with E-state index < -0.39 is 0 Å². The maximum absolute atomic E-state index is 13.7. The van der Waals surface area contributed by atoms with Crippen molar-refractivity contribution in [3.63, 3.8) is 0 Å². The molecule has 1 aromatic carbocycles. The molecule has 1 aliphatic heterocycles. The van der Waals surface area contributed by atoms with Crippen molar-refractivity contribution < 1.29 is 28.2 Å². The van der Waals surface area contributed by atoms with E-state index in [4.69, 9.17) is 14.2 Å². The summed E-state index contributed by atoms with van der Waals surface area (Å²) in [6, 6.07) is 4.58. The van der Waals surface area contributed by atoms with E-state index in [9.17, 15) is 14.0 Å². The number of aryl methyl sites for hydroxylation is 1. The van der Waals surface area contributed by atoms with Gasteiger partial charge in [0.1, 0.15) is 18.1 Å². The maximum atomic E-state index is 13.7. The number of anilines is 1. The van der Waals surface area contributed by atoms with Crippen LogP contribution in [0.1, 0.15) is 39.8 Å². The Morgan fingerprint density at radius 2 is 1.91 bits per heavy atom. The largest absolute Gasteiger partial charge is 0.382 e. The molecular formula is C23H30FN3O5S. The molecule has 8 nitrogen and oxygen atoms in total. The number of carbonyl (C=O) groups excluding carboxylic acids is 2. The molecule has 10 heteroatoms. The third-order valence-electron chi connectivity index (χ3n) is 5.41. The fourth-order valence-electron chi connectivity index (χ4n) is 3.43. The number of amides is 2. The summed E-state index contributed by atoms with van der Waals surface area (Å²) < 4.78 is 29.3. The molecule has 0 saturated carbocycles. The minimum Gasteiger partial charge on any atom is -0.382 e. The third kappa shape index (κ3) is 7.56. The predicted octanol–water partition coefficient (Wildman–Crippen LogP) is 3.23. The predicted molar refractivity (Wildman–Crippen MR) is 123 cm³/mol. The molecule has 33 heavy (non-hydrogen) atoms. The van der Waals surface area contributed by atoms with Gasteiger partial charge in [0.2, 0.25) is 5.91 Å². The Hall–Kier alpha value is -2.40. The molecule has 0 atom stereocenters. The van der Waals surface area contributed by atoms with Crippen LogP contribution in [0.2, 0.25) is 0 Å². The van der Waals surface area contributed by atoms with Gasteiger partial charge in [-0.3, -0.25) is 9.59 Å². The number of halogens is 1. The van der Waals surface area contributed by atoms with Gasteiger partial charge >= 0.3 is 0 Å². The molecule has 1 aromatic heterocycles. The normalized spacial score (nSPS) is 14.5. The van der Waals surface area contributed by atoms with Gasteiger partial charge in [0.25, 0.3) is 5.91 Å². The van der Waals surface area contributed by atoms with Gasteiger partial charge in [-0.2, -0.15) is 0 Å². The molecule has 180 valence electrons. The van der Waals surface area contributed by atoms with Crippen LogP contribution in [-0.2, 0) is 19.0 Å². The summed E-state index contributed by atoms with van der Waals surface area (Å²) in [5, 5.41) is 5.29. The number of nitrogens with one attached hydrogen (secondary N) is 1. The van der Waals surface area contributed by atoms with Crippen LogP contribution in [0.5, 0.6) is 0 Å². The van der Waals surface area contributed by atoms with Crippen molar-refractivity contribution in [3.05, 3.63) is 45.7 Å². The smallest absolute Gasteiger partial charge is 0.275 e. The van der Waals surface area contributed by atoms with Gasteiger partial charge in [-0.25, -0.2) is 9.37 Å². The van der Waals surface area contributed by atoms with Crippen LogP contribution >= 0.6 is 11.3 Å². The summed E-state index contributed by atoms with van der Waals surface area (Å²) in [4.78, 5) is 31.1. The van der Waals surface area contributed by atoms with Crippen LogP contribution in [0.3, 0.4) is 0 Å². The Bertz CT molecular complexity index is 931. The molecular weight excluding hydrogens is 449 g/mol. The van der Waals surface area contributed by atoms with Gasteiger partial charge in [0, 0.05) is 37.2 Å². The summed E-state index contributed by atoms with van der Waals surface area (Å²) in [6.07, 6.45) is 1.56. The van der Waals surface area contributed by atoms with Crippen molar-refractivity contribution in [1.29, 1.82) is 0 Å². The first-order chi connectivity index (χ1) is 16.0. The quantitative estimate of drug-likeness (QED) is 0.498. The monoisotopic (exact) mass is 479 g/mol. The molecule has 3 rings (SSSR count). The molecule has 1 fully saturated rings. The molecule has 0 unspecified atom stereocenters. The zero-order valence-electron chi connectivity index (χ0n) is 19.0. The van der Waals surface area contributed by atoms with E-state index in [0.29, 0.717) is 56.5 Å². The first-order valence-corrected chi connectivity index (χ1v) is 11.8. The number of aromatic nitrogens is 1. The zero-order chi connectivity index (χ0) is 23.6. The lowest BCUT2D eigenvalue weighted by molar-refractivity contribution is -0.137. The summed E-state index contributed by atoms with van der Waals surface area (Å²) in [5.74, 6) is -0.562. The van der Waals surface area contributed by atoms with Crippen molar-refractivity contribution >= 4 is 28.8 Å². The lowest BCUT2D eigenvalue weighted by Crippen LogP contribution is -2.40. The second-order valence-electron chi connectivity index (χ2n) is 7.80. The van der Waals surface area contributed by atoms with Crippen molar-refractivity contribution in [3.8, 4) is 0 Å². The fraction of sp³-hybridized carbons (Fsp3) is 0.522. The average Bonchev–Trinajstić information content (AvgIpc) is 3.31. The molecule has 0 bridgehead atoms. The number of likely N-dealkylation sites (tertiary alicyclic amines) is 1. The standard InChI is InChI=1S/C23H30FN3O5S/c1-16-3-4-18(13-19(16)24)25-22(29)20-15-33-23(26-20)17-5-7-27(8-6-17)21(28)14-32-12-11-31-10-9-30-2/h3-4,13,15,17H,5-12,14H2,1-2H3,(H,25,29). The van der Waals surface area contributed by atoms with Gasteiger partial charge in [-0.05, 0) is 37.5 Å². The number of nitrogens with zero attached hydrogens (tertiary/aromatic N) is 2. The van der Waals surface area contributed by atoms with E-state index in [2.05, 4.69) is 10.3 Å². The first kappa shape index (κ1) is 25.2.